The van der Waals surface area contributed by atoms with E-state index in [9.17, 15) is 9.59 Å². The molecule has 3 aliphatic heterocycles. The summed E-state index contributed by atoms with van der Waals surface area (Å²) in [5, 5.41) is 0. The van der Waals surface area contributed by atoms with E-state index in [-0.39, 0.29) is 21.9 Å². The van der Waals surface area contributed by atoms with E-state index in [2.05, 4.69) is 12.1 Å². The van der Waals surface area contributed by atoms with Crippen LogP contribution < -0.4 is 4.74 Å². The Labute approximate surface area is 199 Å². The van der Waals surface area contributed by atoms with Gasteiger partial charge in [-0.2, -0.15) is 0 Å². The van der Waals surface area contributed by atoms with Crippen LogP contribution in [-0.4, -0.2) is 61.5 Å². The molecule has 3 aliphatic rings. The molecule has 162 valence electrons. The van der Waals surface area contributed by atoms with E-state index in [1.54, 1.807) is 24.1 Å². The van der Waals surface area contributed by atoms with E-state index in [1.165, 1.54) is 0 Å². The second kappa shape index (κ2) is 8.96. The van der Waals surface area contributed by atoms with Gasteiger partial charge in [-0.15, -0.1) is 47.0 Å². The zero-order chi connectivity index (χ0) is 21.4. The van der Waals surface area contributed by atoms with Crippen molar-refractivity contribution in [1.82, 2.24) is 4.90 Å². The van der Waals surface area contributed by atoms with E-state index in [1.807, 2.05) is 71.3 Å². The maximum atomic E-state index is 13.5. The second-order valence-electron chi connectivity index (χ2n) is 7.59. The van der Waals surface area contributed by atoms with Crippen molar-refractivity contribution in [1.29, 1.82) is 0 Å². The monoisotopic (exact) mass is 489 g/mol. The number of ether oxygens (including phenoxy) is 1. The number of nitrogens with zero attached hydrogens (tertiary/aromatic N) is 1. The van der Waals surface area contributed by atoms with Gasteiger partial charge in [0.1, 0.15) is 9.83 Å². The molecule has 1 atom stereocenters. The molecule has 31 heavy (non-hydrogen) atoms. The summed E-state index contributed by atoms with van der Waals surface area (Å²) in [7, 11) is 1.66. The fourth-order valence-electron chi connectivity index (χ4n) is 4.41. The van der Waals surface area contributed by atoms with Crippen LogP contribution >= 0.6 is 47.0 Å². The Kier molecular flexibility index (Phi) is 6.25. The summed E-state index contributed by atoms with van der Waals surface area (Å²) in [6.45, 7) is 0. The highest BCUT2D eigenvalue weighted by molar-refractivity contribution is 8.27. The van der Waals surface area contributed by atoms with E-state index < -0.39 is 0 Å². The van der Waals surface area contributed by atoms with E-state index in [4.69, 9.17) is 4.74 Å². The van der Waals surface area contributed by atoms with Crippen molar-refractivity contribution in [2.24, 2.45) is 0 Å². The Bertz CT molecular complexity index is 950. The smallest absolute Gasteiger partial charge is 0.261 e. The van der Waals surface area contributed by atoms with Crippen LogP contribution in [0.4, 0.5) is 0 Å². The third-order valence-corrected chi connectivity index (χ3v) is 13.5. The number of imide groups is 1. The molecule has 0 spiro atoms. The maximum Gasteiger partial charge on any atom is 0.261 e. The number of hydrogen-bond acceptors (Lipinski definition) is 7. The van der Waals surface area contributed by atoms with Gasteiger partial charge in [-0.05, 0) is 36.2 Å². The normalized spacial score (nSPS) is 21.5. The third-order valence-electron chi connectivity index (χ3n) is 5.88. The lowest BCUT2D eigenvalue weighted by molar-refractivity contribution is 0.0576. The molecular weight excluding hydrogens is 467 g/mol. The molecule has 2 amide bonds. The minimum atomic E-state index is -0.214. The quantitative estimate of drug-likeness (QED) is 0.536. The fourth-order valence-corrected chi connectivity index (χ4v) is 12.2. The molecule has 2 saturated heterocycles. The Morgan fingerprint density at radius 2 is 1.52 bits per heavy atom. The highest BCUT2D eigenvalue weighted by Gasteiger charge is 2.56. The molecule has 3 heterocycles. The lowest BCUT2D eigenvalue weighted by atomic mass is 10.0. The van der Waals surface area contributed by atoms with Crippen molar-refractivity contribution >= 4 is 58.9 Å². The lowest BCUT2D eigenvalue weighted by Crippen LogP contribution is -2.55. The van der Waals surface area contributed by atoms with Crippen LogP contribution in [0.15, 0.2) is 48.5 Å². The van der Waals surface area contributed by atoms with Crippen molar-refractivity contribution in [3.8, 4) is 5.75 Å². The first kappa shape index (κ1) is 21.6. The topological polar surface area (TPSA) is 46.6 Å². The van der Waals surface area contributed by atoms with Crippen LogP contribution in [0.5, 0.6) is 5.75 Å². The van der Waals surface area contributed by atoms with Crippen molar-refractivity contribution in [3.05, 3.63) is 65.2 Å². The fraction of sp³-hybridized carbons (Fsp3) is 0.391. The first-order valence-electron chi connectivity index (χ1n) is 10.2. The van der Waals surface area contributed by atoms with Gasteiger partial charge in [-0.1, -0.05) is 24.3 Å². The van der Waals surface area contributed by atoms with Crippen molar-refractivity contribution in [2.75, 3.05) is 30.1 Å². The van der Waals surface area contributed by atoms with Crippen LogP contribution in [0.3, 0.4) is 0 Å². The predicted octanol–water partition coefficient (Wildman–Crippen LogP) is 4.88. The molecule has 0 bridgehead atoms. The SMILES string of the molecule is COc1ccc(C[C@H](N2C(=O)c3ccccc3C2=O)C2(C3SCCS3)SCCS2)cc1. The molecule has 0 aliphatic carbocycles. The molecule has 0 N–H and O–H groups in total. The first-order chi connectivity index (χ1) is 15.1. The minimum Gasteiger partial charge on any atom is -0.497 e. The summed E-state index contributed by atoms with van der Waals surface area (Å²) in [4.78, 5) is 28.6. The summed E-state index contributed by atoms with van der Waals surface area (Å²) in [6, 6.07) is 15.0. The van der Waals surface area contributed by atoms with Crippen molar-refractivity contribution in [2.45, 2.75) is 21.1 Å². The van der Waals surface area contributed by atoms with Gasteiger partial charge in [-0.25, -0.2) is 0 Å². The molecule has 8 heteroatoms. The summed E-state index contributed by atoms with van der Waals surface area (Å²) >= 11 is 7.85. The summed E-state index contributed by atoms with van der Waals surface area (Å²) < 4.78 is 5.47. The summed E-state index contributed by atoms with van der Waals surface area (Å²) in [5.74, 6) is 4.83. The summed E-state index contributed by atoms with van der Waals surface area (Å²) in [6.07, 6.45) is 0.646. The Morgan fingerprint density at radius 3 is 2.06 bits per heavy atom. The third kappa shape index (κ3) is 3.79. The van der Waals surface area contributed by atoms with Gasteiger partial charge < -0.3 is 4.74 Å². The van der Waals surface area contributed by atoms with Gasteiger partial charge in [0.2, 0.25) is 0 Å². The molecule has 0 saturated carbocycles. The van der Waals surface area contributed by atoms with E-state index in [0.29, 0.717) is 22.1 Å². The first-order valence-corrected chi connectivity index (χ1v) is 14.3. The predicted molar refractivity (Wildman–Crippen MR) is 134 cm³/mol. The molecular formula is C23H23NO3S4. The molecule has 4 nitrogen and oxygen atoms in total. The average molecular weight is 490 g/mol. The Balaban J connectivity index is 1.57. The molecule has 2 fully saturated rings. The number of fused-ring (bicyclic) bond motifs is 1. The highest BCUT2D eigenvalue weighted by atomic mass is 32.2. The number of rotatable bonds is 6. The van der Waals surface area contributed by atoms with Crippen LogP contribution in [0.25, 0.3) is 0 Å². The molecule has 2 aromatic carbocycles. The zero-order valence-electron chi connectivity index (χ0n) is 17.1. The van der Waals surface area contributed by atoms with Gasteiger partial charge >= 0.3 is 0 Å². The number of amides is 2. The Morgan fingerprint density at radius 1 is 0.935 bits per heavy atom. The average Bonchev–Trinajstić information content (AvgIpc) is 3.55. The number of thioether (sulfide) groups is 4. The van der Waals surface area contributed by atoms with Crippen molar-refractivity contribution in [3.63, 3.8) is 0 Å². The summed E-state index contributed by atoms with van der Waals surface area (Å²) in [5.41, 5.74) is 2.17. The minimum absolute atomic E-state index is 0.153. The Hall–Kier alpha value is -1.22. The van der Waals surface area contributed by atoms with E-state index >= 15 is 0 Å². The van der Waals surface area contributed by atoms with Gasteiger partial charge in [-0.3, -0.25) is 14.5 Å². The largest absolute Gasteiger partial charge is 0.497 e. The van der Waals surface area contributed by atoms with Gasteiger partial charge in [0.25, 0.3) is 11.8 Å². The van der Waals surface area contributed by atoms with Crippen LogP contribution in [-0.2, 0) is 6.42 Å². The maximum absolute atomic E-state index is 13.5. The molecule has 5 rings (SSSR count). The number of hydrogen-bond donors (Lipinski definition) is 0. The van der Waals surface area contributed by atoms with E-state index in [0.717, 1.165) is 34.3 Å². The second-order valence-corrected chi connectivity index (χ2v) is 13.3. The standard InChI is InChI=1S/C23H23NO3S4/c1-27-16-8-6-15(7-9-16)14-19(23(30-12-13-31-23)22-28-10-11-29-22)24-20(25)17-4-2-3-5-18(17)21(24)26/h2-9,19,22H,10-14H2,1H3/t19-/m0/s1. The van der Waals surface area contributed by atoms with Crippen LogP contribution in [0.2, 0.25) is 0 Å². The van der Waals surface area contributed by atoms with Crippen molar-refractivity contribution < 1.29 is 14.3 Å². The molecule has 0 radical (unpaired) electrons. The number of carbonyl (C=O) groups excluding carboxylic acids is 2. The van der Waals surface area contributed by atoms with Gasteiger partial charge in [0.15, 0.2) is 0 Å². The molecule has 0 unspecified atom stereocenters. The number of methoxy groups -OCH3 is 1. The van der Waals surface area contributed by atoms with Crippen LogP contribution in [0, 0.1) is 0 Å². The number of carbonyl (C=O) groups is 2. The molecule has 0 aromatic heterocycles. The highest BCUT2D eigenvalue weighted by Crippen LogP contribution is 2.59. The number of benzene rings is 2. The van der Waals surface area contributed by atoms with Gasteiger partial charge in [0.05, 0.1) is 28.9 Å². The lowest BCUT2D eigenvalue weighted by Gasteiger charge is -2.43. The molecule has 2 aromatic rings. The van der Waals surface area contributed by atoms with Gasteiger partial charge in [0, 0.05) is 23.0 Å². The zero-order valence-corrected chi connectivity index (χ0v) is 20.4. The van der Waals surface area contributed by atoms with Crippen LogP contribution in [0.1, 0.15) is 26.3 Å².